The Morgan fingerprint density at radius 2 is 2.41 bits per heavy atom. The van der Waals surface area contributed by atoms with Crippen LogP contribution in [0.1, 0.15) is 12.5 Å². The molecule has 0 saturated heterocycles. The standard InChI is InChI=1S/C12H14N4O/c1-2-8-9(16-12-13-5-6-14-12)3-4-10-11(8)15-7-17-10/h3-4,7H,2,5-6H2,1H3,(H2,13,14,16). The SMILES string of the molecule is CCc1c(NC2=NCCN2)ccc2ocnc12. The largest absolute Gasteiger partial charge is 0.443 e. The van der Waals surface area contributed by atoms with Crippen LogP contribution >= 0.6 is 0 Å². The number of rotatable bonds is 2. The monoisotopic (exact) mass is 230 g/mol. The van der Waals surface area contributed by atoms with Gasteiger partial charge >= 0.3 is 0 Å². The minimum Gasteiger partial charge on any atom is -0.443 e. The van der Waals surface area contributed by atoms with Crippen LogP contribution in [-0.4, -0.2) is 24.0 Å². The van der Waals surface area contributed by atoms with E-state index >= 15 is 0 Å². The zero-order valence-electron chi connectivity index (χ0n) is 9.66. The van der Waals surface area contributed by atoms with Crippen LogP contribution in [0.3, 0.4) is 0 Å². The van der Waals surface area contributed by atoms with E-state index in [0.29, 0.717) is 0 Å². The predicted molar refractivity (Wildman–Crippen MR) is 67.3 cm³/mol. The molecule has 0 saturated carbocycles. The molecule has 5 heteroatoms. The molecular formula is C12H14N4O. The Morgan fingerprint density at radius 1 is 1.47 bits per heavy atom. The van der Waals surface area contributed by atoms with Gasteiger partial charge in [0.25, 0.3) is 0 Å². The van der Waals surface area contributed by atoms with E-state index in [1.165, 1.54) is 6.39 Å². The van der Waals surface area contributed by atoms with Crippen LogP contribution in [0.5, 0.6) is 0 Å². The average molecular weight is 230 g/mol. The van der Waals surface area contributed by atoms with Crippen molar-refractivity contribution in [1.82, 2.24) is 10.3 Å². The summed E-state index contributed by atoms with van der Waals surface area (Å²) in [6.07, 6.45) is 2.39. The predicted octanol–water partition coefficient (Wildman–Crippen LogP) is 1.76. The number of nitrogens with zero attached hydrogens (tertiary/aromatic N) is 2. The summed E-state index contributed by atoms with van der Waals surface area (Å²) < 4.78 is 5.30. The summed E-state index contributed by atoms with van der Waals surface area (Å²) in [5.74, 6) is 0.836. The van der Waals surface area contributed by atoms with Gasteiger partial charge in [0.2, 0.25) is 0 Å². The van der Waals surface area contributed by atoms with E-state index in [2.05, 4.69) is 27.5 Å². The Morgan fingerprint density at radius 3 is 3.18 bits per heavy atom. The van der Waals surface area contributed by atoms with E-state index in [4.69, 9.17) is 4.42 Å². The number of guanidine groups is 1. The third-order valence-corrected chi connectivity index (χ3v) is 2.89. The van der Waals surface area contributed by atoms with Crippen LogP contribution in [0.15, 0.2) is 27.9 Å². The second kappa shape index (κ2) is 4.08. The molecule has 0 amide bonds. The molecule has 0 bridgehead atoms. The molecule has 17 heavy (non-hydrogen) atoms. The van der Waals surface area contributed by atoms with Crippen molar-refractivity contribution >= 4 is 22.7 Å². The highest BCUT2D eigenvalue weighted by atomic mass is 16.3. The number of hydrogen-bond donors (Lipinski definition) is 2. The number of anilines is 1. The molecule has 0 radical (unpaired) electrons. The molecular weight excluding hydrogens is 216 g/mol. The summed E-state index contributed by atoms with van der Waals surface area (Å²) in [6, 6.07) is 3.94. The van der Waals surface area contributed by atoms with Crippen molar-refractivity contribution in [3.05, 3.63) is 24.1 Å². The zero-order valence-corrected chi connectivity index (χ0v) is 9.66. The van der Waals surface area contributed by atoms with Crippen LogP contribution in [0.4, 0.5) is 5.69 Å². The van der Waals surface area contributed by atoms with Gasteiger partial charge in [0.05, 0.1) is 6.54 Å². The Kier molecular flexibility index (Phi) is 2.44. The smallest absolute Gasteiger partial charge is 0.195 e. The molecule has 2 aromatic rings. The van der Waals surface area contributed by atoms with Crippen molar-refractivity contribution in [3.8, 4) is 0 Å². The number of oxazole rings is 1. The van der Waals surface area contributed by atoms with Gasteiger partial charge in [-0.3, -0.25) is 4.99 Å². The first kappa shape index (κ1) is 10.1. The molecule has 1 aromatic heterocycles. The molecule has 0 aliphatic carbocycles. The minimum absolute atomic E-state index is 0.828. The Hall–Kier alpha value is -2.04. The first-order valence-corrected chi connectivity index (χ1v) is 5.79. The Balaban J connectivity index is 2.02. The average Bonchev–Trinajstić information content (AvgIpc) is 2.98. The third-order valence-electron chi connectivity index (χ3n) is 2.89. The maximum absolute atomic E-state index is 5.30. The molecule has 0 fully saturated rings. The lowest BCUT2D eigenvalue weighted by Crippen LogP contribution is -2.26. The summed E-state index contributed by atoms with van der Waals surface area (Å²) in [5.41, 5.74) is 3.96. The van der Waals surface area contributed by atoms with E-state index in [1.807, 2.05) is 12.1 Å². The van der Waals surface area contributed by atoms with E-state index in [9.17, 15) is 0 Å². The molecule has 3 rings (SSSR count). The van der Waals surface area contributed by atoms with Crippen molar-refractivity contribution in [2.75, 3.05) is 18.4 Å². The van der Waals surface area contributed by atoms with Crippen LogP contribution in [0.2, 0.25) is 0 Å². The van der Waals surface area contributed by atoms with Gasteiger partial charge in [-0.05, 0) is 18.6 Å². The number of aromatic nitrogens is 1. The van der Waals surface area contributed by atoms with Crippen molar-refractivity contribution < 1.29 is 4.42 Å². The van der Waals surface area contributed by atoms with Gasteiger partial charge < -0.3 is 15.1 Å². The lowest BCUT2D eigenvalue weighted by molar-refractivity contribution is 0.602. The molecule has 5 nitrogen and oxygen atoms in total. The third kappa shape index (κ3) is 1.73. The first-order valence-electron chi connectivity index (χ1n) is 5.79. The second-order valence-electron chi connectivity index (χ2n) is 3.93. The number of hydrogen-bond acceptors (Lipinski definition) is 5. The maximum atomic E-state index is 5.30. The van der Waals surface area contributed by atoms with Gasteiger partial charge in [0, 0.05) is 17.8 Å². The number of aliphatic imine (C=N–C) groups is 1. The van der Waals surface area contributed by atoms with E-state index in [-0.39, 0.29) is 0 Å². The van der Waals surface area contributed by atoms with E-state index in [1.54, 1.807) is 0 Å². The number of benzene rings is 1. The summed E-state index contributed by atoms with van der Waals surface area (Å²) in [6.45, 7) is 3.84. The lowest BCUT2D eigenvalue weighted by atomic mass is 10.1. The molecule has 88 valence electrons. The fourth-order valence-electron chi connectivity index (χ4n) is 2.07. The van der Waals surface area contributed by atoms with Gasteiger partial charge in [-0.2, -0.15) is 0 Å². The molecule has 1 aliphatic heterocycles. The van der Waals surface area contributed by atoms with Crippen molar-refractivity contribution in [3.63, 3.8) is 0 Å². The van der Waals surface area contributed by atoms with Crippen LogP contribution in [-0.2, 0) is 6.42 Å². The van der Waals surface area contributed by atoms with Gasteiger partial charge in [-0.1, -0.05) is 6.92 Å². The number of fused-ring (bicyclic) bond motifs is 1. The summed E-state index contributed by atoms with van der Waals surface area (Å²) >= 11 is 0. The second-order valence-corrected chi connectivity index (χ2v) is 3.93. The topological polar surface area (TPSA) is 62.5 Å². The minimum atomic E-state index is 0.828. The first-order chi connectivity index (χ1) is 8.38. The molecule has 2 heterocycles. The number of aryl methyl sites for hydroxylation is 1. The van der Waals surface area contributed by atoms with E-state index in [0.717, 1.165) is 47.8 Å². The Bertz CT molecular complexity index is 573. The molecule has 0 atom stereocenters. The fourth-order valence-corrected chi connectivity index (χ4v) is 2.07. The summed E-state index contributed by atoms with van der Waals surface area (Å²) in [7, 11) is 0. The quantitative estimate of drug-likeness (QED) is 0.825. The highest BCUT2D eigenvalue weighted by Crippen LogP contribution is 2.25. The highest BCUT2D eigenvalue weighted by molar-refractivity contribution is 5.97. The van der Waals surface area contributed by atoms with E-state index < -0.39 is 0 Å². The highest BCUT2D eigenvalue weighted by Gasteiger charge is 2.12. The van der Waals surface area contributed by atoms with Crippen LogP contribution in [0, 0.1) is 0 Å². The molecule has 0 spiro atoms. The molecule has 0 unspecified atom stereocenters. The maximum Gasteiger partial charge on any atom is 0.195 e. The van der Waals surface area contributed by atoms with Gasteiger partial charge in [-0.25, -0.2) is 4.98 Å². The number of nitrogens with one attached hydrogen (secondary N) is 2. The molecule has 2 N–H and O–H groups in total. The summed E-state index contributed by atoms with van der Waals surface area (Å²) in [4.78, 5) is 8.58. The Labute approximate surface area is 98.9 Å². The van der Waals surface area contributed by atoms with Crippen molar-refractivity contribution in [1.29, 1.82) is 0 Å². The zero-order chi connectivity index (χ0) is 11.7. The summed E-state index contributed by atoms with van der Waals surface area (Å²) in [5, 5.41) is 6.49. The molecule has 1 aliphatic rings. The van der Waals surface area contributed by atoms with Gasteiger partial charge in [0.15, 0.2) is 17.9 Å². The molecule has 1 aromatic carbocycles. The van der Waals surface area contributed by atoms with Gasteiger partial charge in [0.1, 0.15) is 5.52 Å². The van der Waals surface area contributed by atoms with Crippen molar-refractivity contribution in [2.24, 2.45) is 4.99 Å². The van der Waals surface area contributed by atoms with Crippen LogP contribution < -0.4 is 10.6 Å². The lowest BCUT2D eigenvalue weighted by Gasteiger charge is -2.11. The van der Waals surface area contributed by atoms with Crippen LogP contribution in [0.25, 0.3) is 11.1 Å². The normalized spacial score (nSPS) is 14.8. The fraction of sp³-hybridized carbons (Fsp3) is 0.333. The van der Waals surface area contributed by atoms with Gasteiger partial charge in [-0.15, -0.1) is 0 Å². The van der Waals surface area contributed by atoms with Crippen molar-refractivity contribution in [2.45, 2.75) is 13.3 Å².